The fourth-order valence-corrected chi connectivity index (χ4v) is 10.0. The van der Waals surface area contributed by atoms with E-state index in [2.05, 4.69) is 187 Å². The zero-order chi connectivity index (χ0) is 42.1. The Balaban J connectivity index is 1.05. The van der Waals surface area contributed by atoms with Crippen LogP contribution >= 0.6 is 0 Å². The molecule has 1 aliphatic carbocycles. The minimum Gasteiger partial charge on any atom is -0.310 e. The van der Waals surface area contributed by atoms with Crippen molar-refractivity contribution >= 4 is 44.0 Å². The molecule has 63 heavy (non-hydrogen) atoms. The summed E-state index contributed by atoms with van der Waals surface area (Å²) in [4.78, 5) is 17.6. The molecule has 5 nitrogen and oxygen atoms in total. The van der Waals surface area contributed by atoms with Gasteiger partial charge in [-0.15, -0.1) is 0 Å². The maximum Gasteiger partial charge on any atom is 0.164 e. The first-order chi connectivity index (χ1) is 31.0. The first-order valence-corrected chi connectivity index (χ1v) is 21.8. The zero-order valence-corrected chi connectivity index (χ0v) is 35.2. The Morgan fingerprint density at radius 3 is 1.84 bits per heavy atom. The fourth-order valence-electron chi connectivity index (χ4n) is 10.0. The van der Waals surface area contributed by atoms with Gasteiger partial charge in [0.25, 0.3) is 0 Å². The smallest absolute Gasteiger partial charge is 0.164 e. The van der Waals surface area contributed by atoms with Crippen molar-refractivity contribution in [2.45, 2.75) is 32.1 Å². The van der Waals surface area contributed by atoms with Gasteiger partial charge in [0, 0.05) is 49.9 Å². The normalized spacial score (nSPS) is 14.3. The summed E-state index contributed by atoms with van der Waals surface area (Å²) in [5.41, 5.74) is 15.0. The average molecular weight is 810 g/mol. The van der Waals surface area contributed by atoms with Crippen LogP contribution in [0.5, 0.6) is 0 Å². The second-order valence-electron chi connectivity index (χ2n) is 17.2. The minimum absolute atomic E-state index is 0.134. The summed E-state index contributed by atoms with van der Waals surface area (Å²) in [6.07, 6.45) is 6.77. The van der Waals surface area contributed by atoms with Crippen LogP contribution in [0.1, 0.15) is 32.3 Å². The van der Waals surface area contributed by atoms with Crippen molar-refractivity contribution in [3.63, 3.8) is 0 Å². The molecular formula is C58H43N5. The number of rotatable bonds is 6. The molecule has 2 aliphatic rings. The predicted octanol–water partition coefficient (Wildman–Crippen LogP) is 14.8. The number of para-hydroxylation sites is 1. The summed E-state index contributed by atoms with van der Waals surface area (Å²) >= 11 is 0. The van der Waals surface area contributed by atoms with Gasteiger partial charge in [0.2, 0.25) is 0 Å². The number of aromatic nitrogens is 4. The van der Waals surface area contributed by atoms with E-state index in [1.54, 1.807) is 0 Å². The molecule has 0 amide bonds. The highest BCUT2D eigenvalue weighted by Gasteiger charge is 2.38. The zero-order valence-electron chi connectivity index (χ0n) is 35.2. The van der Waals surface area contributed by atoms with Crippen LogP contribution < -0.4 is 4.90 Å². The predicted molar refractivity (Wildman–Crippen MR) is 260 cm³/mol. The van der Waals surface area contributed by atoms with Crippen LogP contribution in [0.3, 0.4) is 0 Å². The molecule has 0 bridgehead atoms. The lowest BCUT2D eigenvalue weighted by molar-refractivity contribution is 0.571. The molecule has 0 unspecified atom stereocenters. The third-order valence-electron chi connectivity index (χ3n) is 13.1. The van der Waals surface area contributed by atoms with E-state index in [1.807, 2.05) is 36.4 Å². The molecular weight excluding hydrogens is 767 g/mol. The Morgan fingerprint density at radius 1 is 0.476 bits per heavy atom. The quantitative estimate of drug-likeness (QED) is 0.168. The van der Waals surface area contributed by atoms with Crippen molar-refractivity contribution in [3.8, 4) is 51.0 Å². The molecule has 5 heteroatoms. The lowest BCUT2D eigenvalue weighted by Gasteiger charge is -2.44. The number of benzene rings is 8. The van der Waals surface area contributed by atoms with E-state index in [-0.39, 0.29) is 5.41 Å². The van der Waals surface area contributed by atoms with Crippen molar-refractivity contribution in [1.29, 1.82) is 0 Å². The summed E-state index contributed by atoms with van der Waals surface area (Å²) in [6, 6.07) is 67.2. The van der Waals surface area contributed by atoms with E-state index in [0.717, 1.165) is 46.3 Å². The largest absolute Gasteiger partial charge is 0.310 e. The Kier molecular flexibility index (Phi) is 8.58. The van der Waals surface area contributed by atoms with Crippen molar-refractivity contribution in [1.82, 2.24) is 19.5 Å². The van der Waals surface area contributed by atoms with Crippen molar-refractivity contribution in [2.24, 2.45) is 0 Å². The van der Waals surface area contributed by atoms with E-state index in [4.69, 9.17) is 15.0 Å². The number of fused-ring (bicyclic) bond motifs is 6. The SMILES string of the molecule is CC1(C)C2=C(C=CCC2)N(c2ccccc2)c2ccc(-c3ccc4c5c6ccccc6ccc5n(-c5cccc(-c6nc(-c7ccccc7)nc(-c7ccccc7)n6)c5)c4c3)cc21. The van der Waals surface area contributed by atoms with Crippen LogP contribution in [0.15, 0.2) is 211 Å². The molecule has 0 radical (unpaired) electrons. The Morgan fingerprint density at radius 2 is 1.10 bits per heavy atom. The lowest BCUT2D eigenvalue weighted by atomic mass is 9.70. The van der Waals surface area contributed by atoms with E-state index in [9.17, 15) is 0 Å². The van der Waals surface area contributed by atoms with Gasteiger partial charge in [0.1, 0.15) is 0 Å². The molecule has 3 heterocycles. The molecule has 8 aromatic carbocycles. The summed E-state index contributed by atoms with van der Waals surface area (Å²) in [5.74, 6) is 1.92. The summed E-state index contributed by atoms with van der Waals surface area (Å²) < 4.78 is 2.42. The lowest BCUT2D eigenvalue weighted by Crippen LogP contribution is -2.34. The number of allylic oxidation sites excluding steroid dienone is 3. The molecule has 0 saturated heterocycles. The van der Waals surface area contributed by atoms with Crippen molar-refractivity contribution in [2.75, 3.05) is 4.90 Å². The van der Waals surface area contributed by atoms with Gasteiger partial charge in [-0.25, -0.2) is 15.0 Å². The highest BCUT2D eigenvalue weighted by atomic mass is 15.2. The molecule has 1 aliphatic heterocycles. The highest BCUT2D eigenvalue weighted by molar-refractivity contribution is 6.21. The number of hydrogen-bond acceptors (Lipinski definition) is 4. The first-order valence-electron chi connectivity index (χ1n) is 21.8. The standard InChI is InChI=1S/C58H43N5/c1-58(2)48-27-14-15-28-50(48)62(44-23-10-5-11-24-44)51-33-31-41(36-49(51)58)42-29-32-47-53(37-42)63(52-34-30-38-17-12-13-26-46(38)54(47)52)45-25-16-22-43(35-45)57-60-55(39-18-6-3-7-19-39)59-56(61-57)40-20-8-4-9-21-40/h3-13,15-26,28-37H,14,27H2,1-2H3. The van der Waals surface area contributed by atoms with Gasteiger partial charge < -0.3 is 9.47 Å². The third kappa shape index (κ3) is 6.11. The molecule has 0 N–H and O–H groups in total. The molecule has 0 atom stereocenters. The molecule has 0 saturated carbocycles. The Hall–Kier alpha value is -7.89. The summed E-state index contributed by atoms with van der Waals surface area (Å²) in [6.45, 7) is 4.81. The third-order valence-corrected chi connectivity index (χ3v) is 13.1. The second-order valence-corrected chi connectivity index (χ2v) is 17.2. The van der Waals surface area contributed by atoms with Crippen LogP contribution in [-0.4, -0.2) is 19.5 Å². The number of hydrogen-bond donors (Lipinski definition) is 0. The van der Waals surface area contributed by atoms with Crippen LogP contribution in [0.25, 0.3) is 83.6 Å². The van der Waals surface area contributed by atoms with Gasteiger partial charge in [-0.1, -0.05) is 159 Å². The van der Waals surface area contributed by atoms with Crippen LogP contribution in [0, 0.1) is 0 Å². The van der Waals surface area contributed by atoms with E-state index >= 15 is 0 Å². The monoisotopic (exact) mass is 809 g/mol. The van der Waals surface area contributed by atoms with Gasteiger partial charge in [0.15, 0.2) is 17.5 Å². The Labute approximate surface area is 367 Å². The molecule has 300 valence electrons. The molecule has 0 spiro atoms. The van der Waals surface area contributed by atoms with Gasteiger partial charge >= 0.3 is 0 Å². The molecule has 10 aromatic rings. The molecule has 12 rings (SSSR count). The minimum atomic E-state index is -0.134. The maximum absolute atomic E-state index is 5.10. The molecule has 2 aromatic heterocycles. The van der Waals surface area contributed by atoms with Gasteiger partial charge in [-0.3, -0.25) is 0 Å². The van der Waals surface area contributed by atoms with Gasteiger partial charge in [0.05, 0.1) is 16.7 Å². The second kappa shape index (κ2) is 14.6. The average Bonchev–Trinajstić information content (AvgIpc) is 3.69. The number of nitrogens with zero attached hydrogens (tertiary/aromatic N) is 5. The molecule has 0 fully saturated rings. The van der Waals surface area contributed by atoms with Crippen LogP contribution in [0.4, 0.5) is 11.4 Å². The maximum atomic E-state index is 5.10. The van der Waals surface area contributed by atoms with Crippen LogP contribution in [-0.2, 0) is 5.41 Å². The van der Waals surface area contributed by atoms with Crippen molar-refractivity contribution < 1.29 is 0 Å². The summed E-state index contributed by atoms with van der Waals surface area (Å²) in [5, 5.41) is 4.92. The van der Waals surface area contributed by atoms with Crippen LogP contribution in [0.2, 0.25) is 0 Å². The first kappa shape index (κ1) is 36.9. The fraction of sp³-hybridized carbons (Fsp3) is 0.0862. The topological polar surface area (TPSA) is 46.8 Å². The van der Waals surface area contributed by atoms with Gasteiger partial charge in [-0.05, 0) is 100 Å². The number of anilines is 2. The van der Waals surface area contributed by atoms with Crippen molar-refractivity contribution in [3.05, 3.63) is 217 Å². The van der Waals surface area contributed by atoms with Gasteiger partial charge in [-0.2, -0.15) is 0 Å². The Bertz CT molecular complexity index is 3410. The van der Waals surface area contributed by atoms with E-state index < -0.39 is 0 Å². The van der Waals surface area contributed by atoms with E-state index in [1.165, 1.54) is 60.9 Å². The summed E-state index contributed by atoms with van der Waals surface area (Å²) in [7, 11) is 0. The highest BCUT2D eigenvalue weighted by Crippen LogP contribution is 2.52. The van der Waals surface area contributed by atoms with E-state index in [0.29, 0.717) is 17.5 Å².